The van der Waals surface area contributed by atoms with Crippen LogP contribution in [0.5, 0.6) is 5.75 Å². The summed E-state index contributed by atoms with van der Waals surface area (Å²) in [4.78, 5) is 11.7. The van der Waals surface area contributed by atoms with Crippen LogP contribution in [0, 0.1) is 0 Å². The molecule has 2 rings (SSSR count). The van der Waals surface area contributed by atoms with Crippen LogP contribution < -0.4 is 15.4 Å². The minimum atomic E-state index is -0.861. The number of carbonyl (C=O) groups is 1. The molecule has 0 aliphatic rings. The largest absolute Gasteiger partial charge is 0.491 e. The van der Waals surface area contributed by atoms with E-state index in [2.05, 4.69) is 24.5 Å². The summed E-state index contributed by atoms with van der Waals surface area (Å²) in [5.41, 5.74) is 1.14. The Labute approximate surface area is 141 Å². The van der Waals surface area contributed by atoms with E-state index >= 15 is 0 Å². The van der Waals surface area contributed by atoms with Gasteiger partial charge in [0.25, 0.3) is 0 Å². The first kappa shape index (κ1) is 17.9. The van der Waals surface area contributed by atoms with Crippen molar-refractivity contribution in [2.24, 2.45) is 0 Å². The Kier molecular flexibility index (Phi) is 6.69. The number of rotatable bonds is 8. The van der Waals surface area contributed by atoms with E-state index in [-0.39, 0.29) is 12.6 Å². The summed E-state index contributed by atoms with van der Waals surface area (Å²) in [7, 11) is 0. The molecule has 1 unspecified atom stereocenters. The van der Waals surface area contributed by atoms with Gasteiger partial charge >= 0.3 is 6.03 Å². The van der Waals surface area contributed by atoms with Crippen LogP contribution in [-0.2, 0) is 0 Å². The number of benzene rings is 1. The number of aliphatic hydroxyl groups excluding tert-OH is 1. The van der Waals surface area contributed by atoms with Crippen LogP contribution in [0.1, 0.15) is 37.2 Å². The summed E-state index contributed by atoms with van der Waals surface area (Å²) in [6.45, 7) is 5.04. The highest BCUT2D eigenvalue weighted by Gasteiger charge is 2.11. The van der Waals surface area contributed by atoms with Crippen molar-refractivity contribution < 1.29 is 19.1 Å². The first-order valence-corrected chi connectivity index (χ1v) is 8.03. The molecule has 6 heteroatoms. The van der Waals surface area contributed by atoms with Gasteiger partial charge in [-0.2, -0.15) is 0 Å². The molecule has 0 saturated heterocycles. The maximum absolute atomic E-state index is 11.7. The van der Waals surface area contributed by atoms with E-state index in [9.17, 15) is 9.90 Å². The van der Waals surface area contributed by atoms with Gasteiger partial charge in [0, 0.05) is 0 Å². The summed E-state index contributed by atoms with van der Waals surface area (Å²) in [6, 6.07) is 10.9. The second-order valence-electron chi connectivity index (χ2n) is 5.71. The van der Waals surface area contributed by atoms with Gasteiger partial charge in [0.1, 0.15) is 24.2 Å². The van der Waals surface area contributed by atoms with E-state index in [4.69, 9.17) is 9.15 Å². The SMILES string of the molecule is CC(C)c1ccccc1OCCNC(=O)NCC(O)c1ccco1. The van der Waals surface area contributed by atoms with Gasteiger partial charge in [-0.25, -0.2) is 4.79 Å². The normalized spacial score (nSPS) is 12.0. The number of furan rings is 1. The van der Waals surface area contributed by atoms with Crippen LogP contribution in [0.25, 0.3) is 0 Å². The molecule has 6 nitrogen and oxygen atoms in total. The number of para-hydroxylation sites is 1. The first-order chi connectivity index (χ1) is 11.6. The van der Waals surface area contributed by atoms with Crippen molar-refractivity contribution in [3.8, 4) is 5.75 Å². The lowest BCUT2D eigenvalue weighted by Crippen LogP contribution is -2.39. The average molecular weight is 332 g/mol. The van der Waals surface area contributed by atoms with Gasteiger partial charge in [-0.15, -0.1) is 0 Å². The molecule has 24 heavy (non-hydrogen) atoms. The van der Waals surface area contributed by atoms with E-state index in [1.165, 1.54) is 6.26 Å². The molecule has 0 aliphatic carbocycles. The Bertz CT molecular complexity index is 626. The predicted molar refractivity (Wildman–Crippen MR) is 91.1 cm³/mol. The van der Waals surface area contributed by atoms with Crippen molar-refractivity contribution >= 4 is 6.03 Å². The lowest BCUT2D eigenvalue weighted by Gasteiger charge is -2.14. The zero-order valence-corrected chi connectivity index (χ0v) is 14.0. The Morgan fingerprint density at radius 2 is 2.00 bits per heavy atom. The molecule has 0 bridgehead atoms. The zero-order chi connectivity index (χ0) is 17.4. The molecule has 0 radical (unpaired) electrons. The van der Waals surface area contributed by atoms with Crippen LogP contribution >= 0.6 is 0 Å². The minimum Gasteiger partial charge on any atom is -0.491 e. The van der Waals surface area contributed by atoms with Crippen LogP contribution in [0.2, 0.25) is 0 Å². The standard InChI is InChI=1S/C18H24N2O4/c1-13(2)14-6-3-4-7-16(14)24-11-9-19-18(22)20-12-15(21)17-8-5-10-23-17/h3-8,10,13,15,21H,9,11-12H2,1-2H3,(H2,19,20,22). The molecule has 0 spiro atoms. The highest BCUT2D eigenvalue weighted by Crippen LogP contribution is 2.25. The highest BCUT2D eigenvalue weighted by atomic mass is 16.5. The Hall–Kier alpha value is -2.47. The zero-order valence-electron chi connectivity index (χ0n) is 14.0. The molecule has 130 valence electrons. The van der Waals surface area contributed by atoms with Crippen molar-refractivity contribution in [2.45, 2.75) is 25.9 Å². The highest BCUT2D eigenvalue weighted by molar-refractivity contribution is 5.73. The lowest BCUT2D eigenvalue weighted by atomic mass is 10.0. The summed E-state index contributed by atoms with van der Waals surface area (Å²) in [6.07, 6.45) is 0.616. The van der Waals surface area contributed by atoms with Gasteiger partial charge in [0.05, 0.1) is 19.4 Å². The minimum absolute atomic E-state index is 0.0797. The van der Waals surface area contributed by atoms with Crippen LogP contribution in [0.3, 0.4) is 0 Å². The molecule has 2 aromatic rings. The summed E-state index contributed by atoms with van der Waals surface area (Å²) in [5, 5.41) is 15.1. The maximum atomic E-state index is 11.7. The Morgan fingerprint density at radius 3 is 2.71 bits per heavy atom. The van der Waals surface area contributed by atoms with Gasteiger partial charge in [0.15, 0.2) is 0 Å². The molecule has 0 aliphatic heterocycles. The second kappa shape index (κ2) is 8.98. The first-order valence-electron chi connectivity index (χ1n) is 8.03. The van der Waals surface area contributed by atoms with Gasteiger partial charge in [-0.3, -0.25) is 0 Å². The molecule has 1 aromatic heterocycles. The quantitative estimate of drug-likeness (QED) is 0.649. The molecule has 1 heterocycles. The number of urea groups is 1. The number of ether oxygens (including phenoxy) is 1. The van der Waals surface area contributed by atoms with Crippen LogP contribution in [0.4, 0.5) is 4.79 Å². The third-order valence-corrected chi connectivity index (χ3v) is 3.51. The Balaban J connectivity index is 1.66. The number of nitrogens with one attached hydrogen (secondary N) is 2. The Morgan fingerprint density at radius 1 is 1.21 bits per heavy atom. The smallest absolute Gasteiger partial charge is 0.315 e. The molecule has 0 saturated carbocycles. The number of aliphatic hydroxyl groups is 1. The molecular weight excluding hydrogens is 308 g/mol. The molecule has 1 aromatic carbocycles. The summed E-state index contributed by atoms with van der Waals surface area (Å²) in [5.74, 6) is 1.63. The molecular formula is C18H24N2O4. The van der Waals surface area contributed by atoms with Crippen molar-refractivity contribution in [3.05, 3.63) is 54.0 Å². The van der Waals surface area contributed by atoms with Crippen molar-refractivity contribution in [3.63, 3.8) is 0 Å². The number of carbonyl (C=O) groups excluding carboxylic acids is 1. The van der Waals surface area contributed by atoms with Gasteiger partial charge < -0.3 is 24.9 Å². The third-order valence-electron chi connectivity index (χ3n) is 3.51. The second-order valence-corrected chi connectivity index (χ2v) is 5.71. The van der Waals surface area contributed by atoms with Gasteiger partial charge in [-0.05, 0) is 29.7 Å². The van der Waals surface area contributed by atoms with Crippen LogP contribution in [0.15, 0.2) is 47.1 Å². The fourth-order valence-corrected chi connectivity index (χ4v) is 2.25. The van der Waals surface area contributed by atoms with Crippen molar-refractivity contribution in [2.75, 3.05) is 19.7 Å². The van der Waals surface area contributed by atoms with E-state index in [1.807, 2.05) is 24.3 Å². The van der Waals surface area contributed by atoms with Gasteiger partial charge in [-0.1, -0.05) is 32.0 Å². The maximum Gasteiger partial charge on any atom is 0.315 e. The van der Waals surface area contributed by atoms with Gasteiger partial charge in [0.2, 0.25) is 0 Å². The van der Waals surface area contributed by atoms with Crippen molar-refractivity contribution in [1.29, 1.82) is 0 Å². The number of hydrogen-bond acceptors (Lipinski definition) is 4. The molecule has 2 amide bonds. The van der Waals surface area contributed by atoms with E-state index in [0.717, 1.165) is 11.3 Å². The number of amides is 2. The van der Waals surface area contributed by atoms with E-state index in [1.54, 1.807) is 12.1 Å². The van der Waals surface area contributed by atoms with E-state index < -0.39 is 6.10 Å². The topological polar surface area (TPSA) is 83.7 Å². The fourth-order valence-electron chi connectivity index (χ4n) is 2.25. The molecule has 3 N–H and O–H groups in total. The average Bonchev–Trinajstić information content (AvgIpc) is 3.11. The summed E-state index contributed by atoms with van der Waals surface area (Å²) >= 11 is 0. The lowest BCUT2D eigenvalue weighted by molar-refractivity contribution is 0.147. The van der Waals surface area contributed by atoms with E-state index in [0.29, 0.717) is 24.8 Å². The van der Waals surface area contributed by atoms with Crippen LogP contribution in [-0.4, -0.2) is 30.8 Å². The fraction of sp³-hybridized carbons (Fsp3) is 0.389. The molecule has 0 fully saturated rings. The predicted octanol–water partition coefficient (Wildman–Crippen LogP) is 2.81. The number of hydrogen-bond donors (Lipinski definition) is 3. The monoisotopic (exact) mass is 332 g/mol. The summed E-state index contributed by atoms with van der Waals surface area (Å²) < 4.78 is 10.8. The third kappa shape index (κ3) is 5.31. The van der Waals surface area contributed by atoms with Crippen molar-refractivity contribution in [1.82, 2.24) is 10.6 Å². The molecule has 1 atom stereocenters.